The summed E-state index contributed by atoms with van der Waals surface area (Å²) in [4.78, 5) is 15.2. The molecule has 4 nitrogen and oxygen atoms in total. The van der Waals surface area contributed by atoms with Crippen molar-refractivity contribution in [2.45, 2.75) is 25.7 Å². The van der Waals surface area contributed by atoms with Crippen LogP contribution < -0.4 is 5.32 Å². The van der Waals surface area contributed by atoms with Crippen LogP contribution in [0.1, 0.15) is 36.0 Å². The molecular formula is C14H18N2O2. The predicted octanol–water partition coefficient (Wildman–Crippen LogP) is 2.63. The lowest BCUT2D eigenvalue weighted by Crippen LogP contribution is -2.20. The summed E-state index contributed by atoms with van der Waals surface area (Å²) in [6, 6.07) is 3.26. The van der Waals surface area contributed by atoms with E-state index in [9.17, 15) is 4.79 Å². The Morgan fingerprint density at radius 2 is 2.06 bits per heavy atom. The Morgan fingerprint density at radius 1 is 1.39 bits per heavy atom. The van der Waals surface area contributed by atoms with Crippen LogP contribution in [0.3, 0.4) is 0 Å². The lowest BCUT2D eigenvalue weighted by Gasteiger charge is -2.17. The minimum absolute atomic E-state index is 0.267. The Balaban J connectivity index is 1.66. The maximum atomic E-state index is 11.1. The third-order valence-corrected chi connectivity index (χ3v) is 4.00. The standard InChI is InChI=1S/C14H18N2O2/c17-14(18)11-2-1-7-15-13(11)16-8-12(9-3-4-9)10-5-6-10/h1-2,7,9-10,12H,3-6,8H2,(H,15,16)(H,17,18). The van der Waals surface area contributed by atoms with Gasteiger partial charge in [0.2, 0.25) is 0 Å². The Bertz CT molecular complexity index is 441. The fraction of sp³-hybridized carbons (Fsp3) is 0.571. The van der Waals surface area contributed by atoms with Crippen molar-refractivity contribution < 1.29 is 9.90 Å². The van der Waals surface area contributed by atoms with Crippen LogP contribution in [0.15, 0.2) is 18.3 Å². The van der Waals surface area contributed by atoms with Gasteiger partial charge in [0, 0.05) is 12.7 Å². The van der Waals surface area contributed by atoms with Crippen LogP contribution in [0, 0.1) is 17.8 Å². The third kappa shape index (κ3) is 2.47. The number of rotatable bonds is 6. The van der Waals surface area contributed by atoms with E-state index < -0.39 is 5.97 Å². The maximum absolute atomic E-state index is 11.1. The van der Waals surface area contributed by atoms with Gasteiger partial charge in [-0.05, 0) is 55.6 Å². The van der Waals surface area contributed by atoms with Crippen molar-refractivity contribution in [3.05, 3.63) is 23.9 Å². The van der Waals surface area contributed by atoms with Crippen LogP contribution in [0.2, 0.25) is 0 Å². The van der Waals surface area contributed by atoms with Gasteiger partial charge >= 0.3 is 5.97 Å². The molecule has 2 fully saturated rings. The van der Waals surface area contributed by atoms with Gasteiger partial charge in [0.25, 0.3) is 0 Å². The molecule has 0 aromatic carbocycles. The van der Waals surface area contributed by atoms with Crippen LogP contribution in [0.25, 0.3) is 0 Å². The van der Waals surface area contributed by atoms with E-state index in [4.69, 9.17) is 5.11 Å². The number of aromatic nitrogens is 1. The molecule has 0 atom stereocenters. The van der Waals surface area contributed by atoms with E-state index in [1.54, 1.807) is 18.3 Å². The SMILES string of the molecule is O=C(O)c1cccnc1NCC(C1CC1)C1CC1. The Morgan fingerprint density at radius 3 is 2.61 bits per heavy atom. The smallest absolute Gasteiger partial charge is 0.339 e. The molecule has 2 aliphatic rings. The normalized spacial score (nSPS) is 18.9. The molecule has 4 heteroatoms. The summed E-state index contributed by atoms with van der Waals surface area (Å²) in [7, 11) is 0. The number of carboxylic acid groups (broad SMARTS) is 1. The number of pyridine rings is 1. The number of carboxylic acids is 1. The molecule has 0 saturated heterocycles. The summed E-state index contributed by atoms with van der Waals surface area (Å²) < 4.78 is 0. The van der Waals surface area contributed by atoms with E-state index in [-0.39, 0.29) is 5.56 Å². The first-order chi connectivity index (χ1) is 8.75. The fourth-order valence-electron chi connectivity index (χ4n) is 2.70. The zero-order chi connectivity index (χ0) is 12.5. The average Bonchev–Trinajstić information content (AvgIpc) is 3.24. The van der Waals surface area contributed by atoms with Crippen molar-refractivity contribution >= 4 is 11.8 Å². The molecule has 3 rings (SSSR count). The molecule has 96 valence electrons. The first-order valence-corrected chi connectivity index (χ1v) is 6.68. The largest absolute Gasteiger partial charge is 0.478 e. The van der Waals surface area contributed by atoms with E-state index in [2.05, 4.69) is 10.3 Å². The molecule has 1 heterocycles. The van der Waals surface area contributed by atoms with Gasteiger partial charge in [0.1, 0.15) is 11.4 Å². The van der Waals surface area contributed by atoms with Gasteiger partial charge in [-0.15, -0.1) is 0 Å². The van der Waals surface area contributed by atoms with Crippen molar-refractivity contribution in [2.24, 2.45) is 17.8 Å². The van der Waals surface area contributed by atoms with E-state index >= 15 is 0 Å². The Hall–Kier alpha value is -1.58. The summed E-state index contributed by atoms with van der Waals surface area (Å²) in [5, 5.41) is 12.3. The van der Waals surface area contributed by atoms with Crippen molar-refractivity contribution in [2.75, 3.05) is 11.9 Å². The highest BCUT2D eigenvalue weighted by Crippen LogP contribution is 2.49. The van der Waals surface area contributed by atoms with Gasteiger partial charge < -0.3 is 10.4 Å². The lowest BCUT2D eigenvalue weighted by molar-refractivity contribution is 0.0697. The van der Waals surface area contributed by atoms with Crippen LogP contribution in [-0.4, -0.2) is 22.6 Å². The van der Waals surface area contributed by atoms with Crippen LogP contribution in [0.5, 0.6) is 0 Å². The van der Waals surface area contributed by atoms with Crippen molar-refractivity contribution in [3.63, 3.8) is 0 Å². The zero-order valence-corrected chi connectivity index (χ0v) is 10.3. The number of nitrogens with zero attached hydrogens (tertiary/aromatic N) is 1. The van der Waals surface area contributed by atoms with Crippen LogP contribution >= 0.6 is 0 Å². The summed E-state index contributed by atoms with van der Waals surface area (Å²) >= 11 is 0. The zero-order valence-electron chi connectivity index (χ0n) is 10.3. The highest BCUT2D eigenvalue weighted by molar-refractivity contribution is 5.92. The van der Waals surface area contributed by atoms with Crippen molar-refractivity contribution in [1.82, 2.24) is 4.98 Å². The summed E-state index contributed by atoms with van der Waals surface area (Å²) in [6.07, 6.45) is 7.01. The first kappa shape index (κ1) is 11.5. The quantitative estimate of drug-likeness (QED) is 0.810. The van der Waals surface area contributed by atoms with Crippen molar-refractivity contribution in [1.29, 1.82) is 0 Å². The second-order valence-electron chi connectivity index (χ2n) is 5.42. The average molecular weight is 246 g/mol. The first-order valence-electron chi connectivity index (χ1n) is 6.68. The molecule has 1 aromatic rings. The van der Waals surface area contributed by atoms with E-state index in [1.807, 2.05) is 0 Å². The number of carbonyl (C=O) groups is 1. The van der Waals surface area contributed by atoms with Crippen molar-refractivity contribution in [3.8, 4) is 0 Å². The van der Waals surface area contributed by atoms with Gasteiger partial charge in [0.15, 0.2) is 0 Å². The Kier molecular flexibility index (Phi) is 2.94. The highest BCUT2D eigenvalue weighted by Gasteiger charge is 2.41. The summed E-state index contributed by atoms with van der Waals surface area (Å²) in [5.41, 5.74) is 0.267. The number of hydrogen-bond acceptors (Lipinski definition) is 3. The molecule has 18 heavy (non-hydrogen) atoms. The number of aromatic carboxylic acids is 1. The highest BCUT2D eigenvalue weighted by atomic mass is 16.4. The van der Waals surface area contributed by atoms with Gasteiger partial charge in [-0.25, -0.2) is 9.78 Å². The second kappa shape index (κ2) is 4.59. The van der Waals surface area contributed by atoms with Gasteiger partial charge in [-0.2, -0.15) is 0 Å². The molecule has 1 aromatic heterocycles. The van der Waals surface area contributed by atoms with E-state index in [0.717, 1.165) is 18.4 Å². The summed E-state index contributed by atoms with van der Waals surface area (Å²) in [5.74, 6) is 2.04. The molecule has 0 aliphatic heterocycles. The number of nitrogens with one attached hydrogen (secondary N) is 1. The monoisotopic (exact) mass is 246 g/mol. The van der Waals surface area contributed by atoms with Crippen LogP contribution in [0.4, 0.5) is 5.82 Å². The van der Waals surface area contributed by atoms with Gasteiger partial charge in [-0.1, -0.05) is 0 Å². The topological polar surface area (TPSA) is 62.2 Å². The summed E-state index contributed by atoms with van der Waals surface area (Å²) in [6.45, 7) is 0.868. The molecule has 2 N–H and O–H groups in total. The van der Waals surface area contributed by atoms with E-state index in [1.165, 1.54) is 25.7 Å². The molecule has 0 spiro atoms. The maximum Gasteiger partial charge on any atom is 0.339 e. The molecule has 0 unspecified atom stereocenters. The van der Waals surface area contributed by atoms with Crippen LogP contribution in [-0.2, 0) is 0 Å². The molecule has 0 amide bonds. The molecule has 2 aliphatic carbocycles. The Labute approximate surface area is 106 Å². The minimum Gasteiger partial charge on any atom is -0.478 e. The minimum atomic E-state index is -0.917. The predicted molar refractivity (Wildman–Crippen MR) is 68.6 cm³/mol. The third-order valence-electron chi connectivity index (χ3n) is 4.00. The second-order valence-corrected chi connectivity index (χ2v) is 5.42. The molecule has 2 saturated carbocycles. The number of anilines is 1. The van der Waals surface area contributed by atoms with Gasteiger partial charge in [0.05, 0.1) is 0 Å². The van der Waals surface area contributed by atoms with E-state index in [0.29, 0.717) is 11.7 Å². The van der Waals surface area contributed by atoms with Gasteiger partial charge in [-0.3, -0.25) is 0 Å². The lowest BCUT2D eigenvalue weighted by atomic mass is 9.98. The molecule has 0 radical (unpaired) electrons. The molecular weight excluding hydrogens is 228 g/mol. The molecule has 0 bridgehead atoms. The fourth-order valence-corrected chi connectivity index (χ4v) is 2.70. The number of hydrogen-bond donors (Lipinski definition) is 2.